The number of fused-ring (bicyclic) bond motifs is 8. The third kappa shape index (κ3) is 3.88. The topological polar surface area (TPSA) is 51.8 Å². The van der Waals surface area contributed by atoms with E-state index < -0.39 is 0 Å². The maximum absolute atomic E-state index is 6.17. The molecule has 4 nitrogen and oxygen atoms in total. The quantitative estimate of drug-likeness (QED) is 0.190. The number of hydrogen-bond donors (Lipinski definition) is 0. The highest BCUT2D eigenvalue weighted by atomic mass is 16.3. The molecule has 2 heterocycles. The summed E-state index contributed by atoms with van der Waals surface area (Å²) in [5, 5.41) is 4.96. The van der Waals surface area contributed by atoms with Crippen molar-refractivity contribution in [3.8, 4) is 45.3 Å². The van der Waals surface area contributed by atoms with E-state index in [0.29, 0.717) is 23.5 Å². The fourth-order valence-corrected chi connectivity index (χ4v) is 11.3. The third-order valence-electron chi connectivity index (χ3n) is 13.1. The average Bonchev–Trinajstić information content (AvgIpc) is 3.70. The van der Waals surface area contributed by atoms with Crippen LogP contribution in [-0.4, -0.2) is 15.0 Å². The Balaban J connectivity index is 1.08. The Hall–Kier alpha value is -5.61. The second kappa shape index (κ2) is 10.2. The van der Waals surface area contributed by atoms with Crippen LogP contribution in [0.1, 0.15) is 43.2 Å². The zero-order valence-corrected chi connectivity index (χ0v) is 28.2. The van der Waals surface area contributed by atoms with Gasteiger partial charge in [0.2, 0.25) is 0 Å². The Morgan fingerprint density at radius 2 is 1.08 bits per heavy atom. The summed E-state index contributed by atoms with van der Waals surface area (Å²) in [6, 6.07) is 45.8. The fourth-order valence-electron chi connectivity index (χ4n) is 11.3. The molecule has 51 heavy (non-hydrogen) atoms. The van der Waals surface area contributed by atoms with Gasteiger partial charge < -0.3 is 4.42 Å². The van der Waals surface area contributed by atoms with Crippen molar-refractivity contribution >= 4 is 32.7 Å². The number of hydrogen-bond acceptors (Lipinski definition) is 4. The molecule has 0 radical (unpaired) electrons. The Morgan fingerprint density at radius 3 is 1.86 bits per heavy atom. The van der Waals surface area contributed by atoms with Gasteiger partial charge in [-0.3, -0.25) is 0 Å². The molecule has 0 amide bonds. The third-order valence-corrected chi connectivity index (χ3v) is 13.1. The first-order valence-electron chi connectivity index (χ1n) is 18.6. The van der Waals surface area contributed by atoms with E-state index in [-0.39, 0.29) is 5.41 Å². The highest BCUT2D eigenvalue weighted by Crippen LogP contribution is 2.70. The van der Waals surface area contributed by atoms with Gasteiger partial charge in [0.1, 0.15) is 11.2 Å². The normalized spacial score (nSPS) is 24.2. The van der Waals surface area contributed by atoms with Gasteiger partial charge in [0.15, 0.2) is 17.5 Å². The van der Waals surface area contributed by atoms with Gasteiger partial charge in [0.05, 0.1) is 0 Å². The Bertz CT molecular complexity index is 2700. The fraction of sp³-hybridized carbons (Fsp3) is 0.213. The number of para-hydroxylation sites is 1. The maximum atomic E-state index is 6.17. The van der Waals surface area contributed by atoms with Crippen LogP contribution in [0.4, 0.5) is 0 Å². The van der Waals surface area contributed by atoms with Gasteiger partial charge in [-0.15, -0.1) is 0 Å². The van der Waals surface area contributed by atoms with Gasteiger partial charge >= 0.3 is 0 Å². The molecule has 5 aliphatic rings. The zero-order valence-electron chi connectivity index (χ0n) is 28.2. The first kappa shape index (κ1) is 28.1. The molecule has 4 bridgehead atoms. The van der Waals surface area contributed by atoms with Gasteiger partial charge in [0.25, 0.3) is 0 Å². The number of rotatable bonds is 3. The lowest BCUT2D eigenvalue weighted by Crippen LogP contribution is -2.55. The van der Waals surface area contributed by atoms with Gasteiger partial charge in [-0.2, -0.15) is 0 Å². The van der Waals surface area contributed by atoms with E-state index in [1.54, 1.807) is 5.56 Å². The van der Waals surface area contributed by atoms with Crippen molar-refractivity contribution in [2.45, 2.75) is 37.5 Å². The second-order valence-corrected chi connectivity index (χ2v) is 15.6. The van der Waals surface area contributed by atoms with Crippen molar-refractivity contribution in [3.63, 3.8) is 0 Å². The summed E-state index contributed by atoms with van der Waals surface area (Å²) in [4.78, 5) is 15.6. The highest BCUT2D eigenvalue weighted by molar-refractivity contribution is 6.06. The summed E-state index contributed by atoms with van der Waals surface area (Å²) < 4.78 is 6.17. The molecule has 244 valence electrons. The maximum Gasteiger partial charge on any atom is 0.164 e. The van der Waals surface area contributed by atoms with E-state index in [9.17, 15) is 0 Å². The van der Waals surface area contributed by atoms with Crippen LogP contribution >= 0.6 is 0 Å². The minimum atomic E-state index is 0.0282. The summed E-state index contributed by atoms with van der Waals surface area (Å²) in [5.41, 5.74) is 10.7. The van der Waals surface area contributed by atoms with Crippen molar-refractivity contribution in [2.75, 3.05) is 0 Å². The zero-order chi connectivity index (χ0) is 33.3. The molecule has 13 rings (SSSR count). The SMILES string of the molecule is c1ccc(-c2nc(-c3ccc4c(c3)C3(c5c-4ccc4ccccc54)C4CC5CC(C4)CC3C5)nc(-c3ccc4oc5ccccc5c4c3)n2)cc1. The predicted octanol–water partition coefficient (Wildman–Crippen LogP) is 11.6. The van der Waals surface area contributed by atoms with Crippen molar-refractivity contribution in [1.29, 1.82) is 0 Å². The Morgan fingerprint density at radius 1 is 0.471 bits per heavy atom. The van der Waals surface area contributed by atoms with Crippen molar-refractivity contribution in [1.82, 2.24) is 15.0 Å². The number of nitrogens with zero attached hydrogens (tertiary/aromatic N) is 3. The molecule has 8 aromatic rings. The average molecular weight is 658 g/mol. The molecule has 5 aliphatic carbocycles. The van der Waals surface area contributed by atoms with Crippen LogP contribution in [0, 0.1) is 23.7 Å². The van der Waals surface area contributed by atoms with Crippen LogP contribution < -0.4 is 0 Å². The van der Waals surface area contributed by atoms with Crippen LogP contribution in [0.3, 0.4) is 0 Å². The lowest BCUT2D eigenvalue weighted by molar-refractivity contribution is -0.0393. The van der Waals surface area contributed by atoms with Crippen molar-refractivity contribution in [2.24, 2.45) is 23.7 Å². The highest BCUT2D eigenvalue weighted by Gasteiger charge is 2.62. The smallest absolute Gasteiger partial charge is 0.164 e. The van der Waals surface area contributed by atoms with Crippen molar-refractivity contribution in [3.05, 3.63) is 139 Å². The van der Waals surface area contributed by atoms with E-state index >= 15 is 0 Å². The van der Waals surface area contributed by atoms with Crippen LogP contribution in [0.5, 0.6) is 0 Å². The largest absolute Gasteiger partial charge is 0.456 e. The summed E-state index contributed by atoms with van der Waals surface area (Å²) in [6.45, 7) is 0. The van der Waals surface area contributed by atoms with Crippen LogP contribution in [-0.2, 0) is 5.41 Å². The molecule has 0 N–H and O–H groups in total. The molecular weight excluding hydrogens is 623 g/mol. The number of benzene rings is 6. The summed E-state index contributed by atoms with van der Waals surface area (Å²) in [5.74, 6) is 5.18. The predicted molar refractivity (Wildman–Crippen MR) is 204 cm³/mol. The lowest BCUT2D eigenvalue weighted by atomic mass is 9.43. The van der Waals surface area contributed by atoms with Gasteiger partial charge in [0, 0.05) is 32.9 Å². The number of furan rings is 1. The summed E-state index contributed by atoms with van der Waals surface area (Å²) in [7, 11) is 0. The molecule has 1 spiro atoms. The van der Waals surface area contributed by atoms with Crippen LogP contribution in [0.15, 0.2) is 132 Å². The molecule has 0 atom stereocenters. The molecule has 2 aromatic heterocycles. The minimum Gasteiger partial charge on any atom is -0.456 e. The molecule has 4 heteroatoms. The van der Waals surface area contributed by atoms with E-state index in [1.807, 2.05) is 24.3 Å². The number of aromatic nitrogens is 3. The second-order valence-electron chi connectivity index (χ2n) is 15.6. The van der Waals surface area contributed by atoms with E-state index in [2.05, 4.69) is 103 Å². The lowest BCUT2D eigenvalue weighted by Gasteiger charge is -2.61. The Kier molecular flexibility index (Phi) is 5.64. The van der Waals surface area contributed by atoms with Gasteiger partial charge in [-0.25, -0.2) is 15.0 Å². The van der Waals surface area contributed by atoms with Gasteiger partial charge in [-0.1, -0.05) is 97.1 Å². The molecule has 0 aliphatic heterocycles. The standard InChI is InChI=1S/C47H35N3O/c1-2-9-30(10-3-1)44-48-45(31-16-19-42-39(25-31)37-12-6-7-13-41(37)51-42)50-46(49-44)32-15-17-36-38-18-14-29-8-4-5-11-35(29)43(38)47(40(36)26-32)33-21-27-20-28(23-33)24-34(47)22-27/h1-19,25-28,33-34H,20-24H2. The molecule has 4 fully saturated rings. The van der Waals surface area contributed by atoms with E-state index in [0.717, 1.165) is 56.3 Å². The van der Waals surface area contributed by atoms with E-state index in [4.69, 9.17) is 19.4 Å². The molecular formula is C47H35N3O. The minimum absolute atomic E-state index is 0.0282. The van der Waals surface area contributed by atoms with E-state index in [1.165, 1.54) is 59.6 Å². The summed E-state index contributed by atoms with van der Waals surface area (Å²) in [6.07, 6.45) is 6.82. The Labute approximate surface area is 296 Å². The molecule has 0 unspecified atom stereocenters. The summed E-state index contributed by atoms with van der Waals surface area (Å²) >= 11 is 0. The van der Waals surface area contributed by atoms with Crippen molar-refractivity contribution < 1.29 is 4.42 Å². The molecule has 4 saturated carbocycles. The van der Waals surface area contributed by atoms with Gasteiger partial charge in [-0.05, 0) is 119 Å². The molecule has 6 aromatic carbocycles. The molecule has 0 saturated heterocycles. The van der Waals surface area contributed by atoms with Crippen LogP contribution in [0.25, 0.3) is 78.0 Å². The first-order chi connectivity index (χ1) is 25.2. The van der Waals surface area contributed by atoms with Crippen LogP contribution in [0.2, 0.25) is 0 Å². The monoisotopic (exact) mass is 657 g/mol. The first-order valence-corrected chi connectivity index (χ1v) is 18.6.